The molecule has 0 spiro atoms. The summed E-state index contributed by atoms with van der Waals surface area (Å²) in [6.07, 6.45) is 3.01. The highest BCUT2D eigenvalue weighted by atomic mass is 32.2. The third-order valence-electron chi connectivity index (χ3n) is 3.75. The first-order chi connectivity index (χ1) is 10.7. The van der Waals surface area contributed by atoms with Gasteiger partial charge in [0.05, 0.1) is 12.2 Å². The summed E-state index contributed by atoms with van der Waals surface area (Å²) >= 11 is 1.70. The predicted octanol–water partition coefficient (Wildman–Crippen LogP) is 3.05. The maximum atomic E-state index is 5.83. The van der Waals surface area contributed by atoms with Crippen LogP contribution in [0.15, 0.2) is 35.5 Å². The Morgan fingerprint density at radius 1 is 1.27 bits per heavy atom. The Morgan fingerprint density at radius 2 is 2.09 bits per heavy atom. The van der Waals surface area contributed by atoms with E-state index in [4.69, 9.17) is 9.47 Å². The molecule has 3 rings (SSSR count). The number of benzene rings is 1. The summed E-state index contributed by atoms with van der Waals surface area (Å²) in [4.78, 5) is 0. The average Bonchev–Trinajstić information content (AvgIpc) is 3.10. The Bertz CT molecular complexity index is 603. The van der Waals surface area contributed by atoms with E-state index in [0.29, 0.717) is 18.8 Å². The molecule has 0 unspecified atom stereocenters. The molecule has 1 fully saturated rings. The fourth-order valence-corrected chi connectivity index (χ4v) is 3.41. The zero-order valence-electron chi connectivity index (χ0n) is 12.9. The molecule has 2 aromatic rings. The number of rotatable bonds is 6. The van der Waals surface area contributed by atoms with Gasteiger partial charge >= 0.3 is 0 Å². The van der Waals surface area contributed by atoms with E-state index in [1.165, 1.54) is 0 Å². The van der Waals surface area contributed by atoms with Gasteiger partial charge in [0.15, 0.2) is 11.0 Å². The lowest BCUT2D eigenvalue weighted by Gasteiger charge is -2.10. The monoisotopic (exact) mass is 319 g/mol. The molecule has 22 heavy (non-hydrogen) atoms. The minimum atomic E-state index is 0.334. The van der Waals surface area contributed by atoms with Gasteiger partial charge in [0.2, 0.25) is 0 Å². The molecule has 6 heteroatoms. The second kappa shape index (κ2) is 7.15. The molecule has 1 aromatic heterocycles. The molecule has 1 aromatic carbocycles. The quantitative estimate of drug-likeness (QED) is 0.766. The van der Waals surface area contributed by atoms with Gasteiger partial charge in [-0.15, -0.1) is 10.2 Å². The van der Waals surface area contributed by atoms with E-state index >= 15 is 0 Å². The molecule has 0 saturated carbocycles. The molecule has 0 aliphatic carbocycles. The molecule has 0 N–H and O–H groups in total. The number of aromatic nitrogens is 3. The van der Waals surface area contributed by atoms with Gasteiger partial charge in [-0.1, -0.05) is 30.0 Å². The summed E-state index contributed by atoms with van der Waals surface area (Å²) in [5.41, 5.74) is 0. The van der Waals surface area contributed by atoms with Crippen LogP contribution in [0.2, 0.25) is 0 Å². The number of nitrogens with zero attached hydrogens (tertiary/aromatic N) is 3. The van der Waals surface area contributed by atoms with Crippen LogP contribution < -0.4 is 4.74 Å². The summed E-state index contributed by atoms with van der Waals surface area (Å²) < 4.78 is 13.5. The van der Waals surface area contributed by atoms with Crippen LogP contribution in [0.25, 0.3) is 0 Å². The smallest absolute Gasteiger partial charge is 0.191 e. The van der Waals surface area contributed by atoms with E-state index < -0.39 is 0 Å². The van der Waals surface area contributed by atoms with Gasteiger partial charge in [-0.3, -0.25) is 0 Å². The molecular formula is C16H21N3O2S. The van der Waals surface area contributed by atoms with Crippen LogP contribution in [0, 0.1) is 0 Å². The highest BCUT2D eigenvalue weighted by Gasteiger charge is 2.22. The van der Waals surface area contributed by atoms with Gasteiger partial charge in [0.25, 0.3) is 0 Å². The van der Waals surface area contributed by atoms with Crippen molar-refractivity contribution in [1.82, 2.24) is 14.8 Å². The maximum Gasteiger partial charge on any atom is 0.191 e. The Labute approximate surface area is 135 Å². The molecule has 0 radical (unpaired) electrons. The van der Waals surface area contributed by atoms with Crippen molar-refractivity contribution in [2.45, 2.75) is 43.7 Å². The molecule has 0 bridgehead atoms. The second-order valence-corrected chi connectivity index (χ2v) is 6.50. The van der Waals surface area contributed by atoms with Crippen molar-refractivity contribution >= 4 is 11.8 Å². The summed E-state index contributed by atoms with van der Waals surface area (Å²) in [6.45, 7) is 2.55. The van der Waals surface area contributed by atoms with Crippen molar-refractivity contribution in [2.24, 2.45) is 7.05 Å². The number of hydrogen-bond donors (Lipinski definition) is 0. The first kappa shape index (κ1) is 15.4. The Morgan fingerprint density at radius 3 is 2.82 bits per heavy atom. The predicted molar refractivity (Wildman–Crippen MR) is 86.1 cm³/mol. The summed E-state index contributed by atoms with van der Waals surface area (Å²) in [5, 5.41) is 9.38. The van der Waals surface area contributed by atoms with Crippen molar-refractivity contribution in [3.05, 3.63) is 36.2 Å². The lowest BCUT2D eigenvalue weighted by molar-refractivity contribution is 0.0699. The minimum absolute atomic E-state index is 0.334. The lowest BCUT2D eigenvalue weighted by Crippen LogP contribution is -2.11. The van der Waals surface area contributed by atoms with E-state index in [-0.39, 0.29) is 0 Å². The van der Waals surface area contributed by atoms with Crippen molar-refractivity contribution in [1.29, 1.82) is 0 Å². The minimum Gasteiger partial charge on any atom is -0.486 e. The lowest BCUT2D eigenvalue weighted by atomic mass is 10.2. The molecule has 1 saturated heterocycles. The van der Waals surface area contributed by atoms with Crippen molar-refractivity contribution in [3.8, 4) is 5.75 Å². The van der Waals surface area contributed by atoms with Crippen molar-refractivity contribution in [2.75, 3.05) is 5.75 Å². The maximum absolute atomic E-state index is 5.83. The van der Waals surface area contributed by atoms with E-state index in [0.717, 1.165) is 35.3 Å². The van der Waals surface area contributed by atoms with Crippen molar-refractivity contribution in [3.63, 3.8) is 0 Å². The first-order valence-corrected chi connectivity index (χ1v) is 8.55. The fourth-order valence-electron chi connectivity index (χ4n) is 2.44. The van der Waals surface area contributed by atoms with Crippen LogP contribution >= 0.6 is 11.8 Å². The van der Waals surface area contributed by atoms with Crippen LogP contribution in [0.4, 0.5) is 0 Å². The van der Waals surface area contributed by atoms with E-state index in [9.17, 15) is 0 Å². The third kappa shape index (κ3) is 3.81. The van der Waals surface area contributed by atoms with Gasteiger partial charge in [-0.25, -0.2) is 0 Å². The van der Waals surface area contributed by atoms with E-state index in [1.807, 2.05) is 41.9 Å². The first-order valence-electron chi connectivity index (χ1n) is 7.56. The SMILES string of the molecule is C[C@@H]1CC[C@H](CSc2nnc(COc3ccccc3)n2C)O1. The summed E-state index contributed by atoms with van der Waals surface area (Å²) in [5.74, 6) is 2.59. The average molecular weight is 319 g/mol. The number of hydrogen-bond acceptors (Lipinski definition) is 5. The van der Waals surface area contributed by atoms with Crippen LogP contribution in [-0.2, 0) is 18.4 Å². The summed E-state index contributed by atoms with van der Waals surface area (Å²) in [7, 11) is 1.98. The molecule has 118 valence electrons. The highest BCUT2D eigenvalue weighted by Crippen LogP contribution is 2.25. The van der Waals surface area contributed by atoms with E-state index in [1.54, 1.807) is 11.8 Å². The normalized spacial score (nSPS) is 21.2. The van der Waals surface area contributed by atoms with Crippen LogP contribution in [0.1, 0.15) is 25.6 Å². The zero-order valence-corrected chi connectivity index (χ0v) is 13.8. The molecule has 1 aliphatic heterocycles. The standard InChI is InChI=1S/C16H21N3O2S/c1-12-8-9-14(21-12)11-22-16-18-17-15(19(16)2)10-20-13-6-4-3-5-7-13/h3-7,12,14H,8-11H2,1-2H3/t12-,14-/m1/s1. The highest BCUT2D eigenvalue weighted by molar-refractivity contribution is 7.99. The van der Waals surface area contributed by atoms with Gasteiger partial charge < -0.3 is 14.0 Å². The van der Waals surface area contributed by atoms with Gasteiger partial charge in [-0.05, 0) is 31.9 Å². The summed E-state index contributed by atoms with van der Waals surface area (Å²) in [6, 6.07) is 9.75. The van der Waals surface area contributed by atoms with E-state index in [2.05, 4.69) is 17.1 Å². The largest absolute Gasteiger partial charge is 0.486 e. The zero-order chi connectivity index (χ0) is 15.4. The van der Waals surface area contributed by atoms with Crippen LogP contribution in [-0.4, -0.2) is 32.7 Å². The van der Waals surface area contributed by atoms with Crippen LogP contribution in [0.3, 0.4) is 0 Å². The molecular weight excluding hydrogens is 298 g/mol. The van der Waals surface area contributed by atoms with Gasteiger partial charge in [0.1, 0.15) is 12.4 Å². The molecule has 5 nitrogen and oxygen atoms in total. The third-order valence-corrected chi connectivity index (χ3v) is 4.91. The van der Waals surface area contributed by atoms with Crippen LogP contribution in [0.5, 0.6) is 5.75 Å². The molecule has 0 amide bonds. The molecule has 1 aliphatic rings. The Kier molecular flexibility index (Phi) is 5.00. The van der Waals surface area contributed by atoms with Crippen molar-refractivity contribution < 1.29 is 9.47 Å². The van der Waals surface area contributed by atoms with Gasteiger partial charge in [-0.2, -0.15) is 0 Å². The Hall–Kier alpha value is -1.53. The number of para-hydroxylation sites is 1. The molecule has 2 atom stereocenters. The number of ether oxygens (including phenoxy) is 2. The second-order valence-electron chi connectivity index (χ2n) is 5.52. The molecule has 2 heterocycles. The number of thioether (sulfide) groups is 1. The fraction of sp³-hybridized carbons (Fsp3) is 0.500. The topological polar surface area (TPSA) is 49.2 Å². The Balaban J connectivity index is 1.53. The van der Waals surface area contributed by atoms with Gasteiger partial charge in [0, 0.05) is 12.8 Å².